The predicted molar refractivity (Wildman–Crippen MR) is 69.1 cm³/mol. The Bertz CT molecular complexity index is 721. The maximum Gasteiger partial charge on any atom is 0.274 e. The van der Waals surface area contributed by atoms with Gasteiger partial charge in [-0.15, -0.1) is 0 Å². The molecule has 0 fully saturated rings. The van der Waals surface area contributed by atoms with Gasteiger partial charge >= 0.3 is 0 Å². The molecular formula is C12H13N3O4. The van der Waals surface area contributed by atoms with Crippen LogP contribution in [-0.4, -0.2) is 22.7 Å². The number of hydrogen-bond donors (Lipinski definition) is 3. The Balaban J connectivity index is 3.02. The van der Waals surface area contributed by atoms with Crippen LogP contribution in [0.2, 0.25) is 0 Å². The minimum absolute atomic E-state index is 0.283. The highest BCUT2D eigenvalue weighted by atomic mass is 16.5. The van der Waals surface area contributed by atoms with Gasteiger partial charge in [0.25, 0.3) is 11.5 Å². The molecule has 0 bridgehead atoms. The average molecular weight is 263 g/mol. The molecule has 0 saturated carbocycles. The molecule has 1 amide bonds. The molecule has 1 aromatic carbocycles. The molecule has 19 heavy (non-hydrogen) atoms. The number of nitrogen functional groups attached to an aromatic ring is 1. The van der Waals surface area contributed by atoms with Crippen LogP contribution in [0.1, 0.15) is 10.4 Å². The molecule has 0 saturated heterocycles. The number of hydrogen-bond acceptors (Lipinski definition) is 5. The molecule has 0 spiro atoms. The number of nitrogens with one attached hydrogen (secondary N) is 1. The van der Waals surface area contributed by atoms with E-state index in [-0.39, 0.29) is 5.39 Å². The summed E-state index contributed by atoms with van der Waals surface area (Å²) in [4.78, 5) is 23.6. The molecule has 0 aliphatic rings. The van der Waals surface area contributed by atoms with Crippen LogP contribution in [0.15, 0.2) is 23.0 Å². The van der Waals surface area contributed by atoms with Crippen LogP contribution in [0, 0.1) is 0 Å². The summed E-state index contributed by atoms with van der Waals surface area (Å²) >= 11 is 0. The highest BCUT2D eigenvalue weighted by Gasteiger charge is 2.22. The normalized spacial score (nSPS) is 10.5. The standard InChI is InChI=1S/C12H13N3O4/c1-15-6-4-3-5-7(19-2)8(6)10(16)9(12(15)18)11(17)14-13/h3-5,16H,13H2,1-2H3,(H,14,17). The van der Waals surface area contributed by atoms with Gasteiger partial charge in [-0.25, -0.2) is 5.84 Å². The summed E-state index contributed by atoms with van der Waals surface area (Å²) < 4.78 is 6.39. The van der Waals surface area contributed by atoms with Gasteiger partial charge in [-0.3, -0.25) is 15.0 Å². The molecular weight excluding hydrogens is 250 g/mol. The van der Waals surface area contributed by atoms with Crippen LogP contribution in [0.5, 0.6) is 11.5 Å². The molecule has 7 heteroatoms. The first-order valence-corrected chi connectivity index (χ1v) is 5.42. The SMILES string of the molecule is COc1cccc2c1c(O)c(C(=O)NN)c(=O)n2C. The van der Waals surface area contributed by atoms with Crippen molar-refractivity contribution in [2.45, 2.75) is 0 Å². The van der Waals surface area contributed by atoms with E-state index in [0.717, 1.165) is 0 Å². The zero-order valence-electron chi connectivity index (χ0n) is 10.4. The lowest BCUT2D eigenvalue weighted by atomic mass is 10.1. The zero-order chi connectivity index (χ0) is 14.2. The number of nitrogens with zero attached hydrogens (tertiary/aromatic N) is 1. The minimum atomic E-state index is -0.856. The van der Waals surface area contributed by atoms with Crippen molar-refractivity contribution in [3.63, 3.8) is 0 Å². The number of methoxy groups -OCH3 is 1. The monoisotopic (exact) mass is 263 g/mol. The van der Waals surface area contributed by atoms with Gasteiger partial charge in [0.1, 0.15) is 17.1 Å². The Hall–Kier alpha value is -2.54. The van der Waals surface area contributed by atoms with Gasteiger partial charge in [0, 0.05) is 7.05 Å². The fourth-order valence-electron chi connectivity index (χ4n) is 1.99. The van der Waals surface area contributed by atoms with Gasteiger partial charge < -0.3 is 14.4 Å². The van der Waals surface area contributed by atoms with Crippen molar-refractivity contribution in [1.82, 2.24) is 9.99 Å². The lowest BCUT2D eigenvalue weighted by molar-refractivity contribution is 0.0949. The zero-order valence-corrected chi connectivity index (χ0v) is 10.4. The lowest BCUT2D eigenvalue weighted by Gasteiger charge is -2.13. The van der Waals surface area contributed by atoms with Crippen molar-refractivity contribution in [1.29, 1.82) is 0 Å². The number of aromatic nitrogens is 1. The number of rotatable bonds is 2. The molecule has 1 heterocycles. The topological polar surface area (TPSA) is 107 Å². The highest BCUT2D eigenvalue weighted by molar-refractivity contribution is 6.03. The number of carbonyl (C=O) groups excluding carboxylic acids is 1. The van der Waals surface area contributed by atoms with E-state index in [9.17, 15) is 14.7 Å². The Kier molecular flexibility index (Phi) is 3.14. The van der Waals surface area contributed by atoms with E-state index in [1.165, 1.54) is 18.7 Å². The third-order valence-corrected chi connectivity index (χ3v) is 2.94. The Morgan fingerprint density at radius 2 is 2.16 bits per heavy atom. The Labute approximate surface area is 108 Å². The number of aryl methyl sites for hydroxylation is 1. The van der Waals surface area contributed by atoms with Crippen molar-refractivity contribution in [3.8, 4) is 11.5 Å². The van der Waals surface area contributed by atoms with E-state index in [4.69, 9.17) is 10.6 Å². The molecule has 1 aromatic heterocycles. The summed E-state index contributed by atoms with van der Waals surface area (Å²) in [6.07, 6.45) is 0. The lowest BCUT2D eigenvalue weighted by Crippen LogP contribution is -2.36. The minimum Gasteiger partial charge on any atom is -0.506 e. The summed E-state index contributed by atoms with van der Waals surface area (Å²) in [6.45, 7) is 0. The molecule has 0 aliphatic carbocycles. The van der Waals surface area contributed by atoms with E-state index in [1.807, 2.05) is 5.43 Å². The molecule has 0 aliphatic heterocycles. The smallest absolute Gasteiger partial charge is 0.274 e. The van der Waals surface area contributed by atoms with Crippen molar-refractivity contribution in [3.05, 3.63) is 34.1 Å². The number of carbonyl (C=O) groups is 1. The number of benzene rings is 1. The molecule has 0 radical (unpaired) electrons. The van der Waals surface area contributed by atoms with E-state index in [0.29, 0.717) is 11.3 Å². The van der Waals surface area contributed by atoms with E-state index in [1.54, 1.807) is 18.2 Å². The Morgan fingerprint density at radius 1 is 1.47 bits per heavy atom. The van der Waals surface area contributed by atoms with Crippen molar-refractivity contribution in [2.75, 3.05) is 7.11 Å². The maximum atomic E-state index is 12.0. The quantitative estimate of drug-likeness (QED) is 0.397. The van der Waals surface area contributed by atoms with E-state index >= 15 is 0 Å². The van der Waals surface area contributed by atoms with Crippen LogP contribution >= 0.6 is 0 Å². The number of pyridine rings is 1. The van der Waals surface area contributed by atoms with Gasteiger partial charge in [0.05, 0.1) is 18.0 Å². The first kappa shape index (κ1) is 12.9. The summed E-state index contributed by atoms with van der Waals surface area (Å²) in [5.41, 5.74) is 1.24. The summed E-state index contributed by atoms with van der Waals surface area (Å²) in [6, 6.07) is 4.95. The van der Waals surface area contributed by atoms with Gasteiger partial charge in [-0.1, -0.05) is 6.07 Å². The summed E-state index contributed by atoms with van der Waals surface area (Å²) in [7, 11) is 2.93. The number of hydrazine groups is 1. The van der Waals surface area contributed by atoms with E-state index in [2.05, 4.69) is 0 Å². The second-order valence-electron chi connectivity index (χ2n) is 3.92. The first-order chi connectivity index (χ1) is 9.02. The van der Waals surface area contributed by atoms with Crippen molar-refractivity contribution < 1.29 is 14.6 Å². The predicted octanol–water partition coefficient (Wildman–Crippen LogP) is -0.144. The molecule has 2 aromatic rings. The van der Waals surface area contributed by atoms with Crippen LogP contribution < -0.4 is 21.6 Å². The van der Waals surface area contributed by atoms with Gasteiger partial charge in [0.15, 0.2) is 0 Å². The van der Waals surface area contributed by atoms with Gasteiger partial charge in [0.2, 0.25) is 0 Å². The molecule has 0 atom stereocenters. The number of amides is 1. The molecule has 7 nitrogen and oxygen atoms in total. The Morgan fingerprint density at radius 3 is 2.74 bits per heavy atom. The maximum absolute atomic E-state index is 12.0. The van der Waals surface area contributed by atoms with Gasteiger partial charge in [-0.05, 0) is 12.1 Å². The van der Waals surface area contributed by atoms with Crippen LogP contribution in [0.25, 0.3) is 10.9 Å². The first-order valence-electron chi connectivity index (χ1n) is 5.42. The van der Waals surface area contributed by atoms with Crippen molar-refractivity contribution >= 4 is 16.8 Å². The van der Waals surface area contributed by atoms with Crippen LogP contribution in [0.4, 0.5) is 0 Å². The van der Waals surface area contributed by atoms with Crippen LogP contribution in [0.3, 0.4) is 0 Å². The summed E-state index contributed by atoms with van der Waals surface area (Å²) in [5.74, 6) is 4.07. The second-order valence-corrected chi connectivity index (χ2v) is 3.92. The fourth-order valence-corrected chi connectivity index (χ4v) is 1.99. The second kappa shape index (κ2) is 4.62. The molecule has 100 valence electrons. The van der Waals surface area contributed by atoms with Crippen molar-refractivity contribution in [2.24, 2.45) is 12.9 Å². The molecule has 4 N–H and O–H groups in total. The number of nitrogens with two attached hydrogens (primary N) is 1. The molecule has 2 rings (SSSR count). The number of aromatic hydroxyl groups is 1. The molecule has 0 unspecified atom stereocenters. The highest BCUT2D eigenvalue weighted by Crippen LogP contribution is 2.33. The number of ether oxygens (including phenoxy) is 1. The third kappa shape index (κ3) is 1.80. The largest absolute Gasteiger partial charge is 0.506 e. The van der Waals surface area contributed by atoms with E-state index < -0.39 is 22.8 Å². The third-order valence-electron chi connectivity index (χ3n) is 2.94. The average Bonchev–Trinajstić information content (AvgIpc) is 2.43. The number of fused-ring (bicyclic) bond motifs is 1. The van der Waals surface area contributed by atoms with Crippen LogP contribution in [-0.2, 0) is 7.05 Å². The fraction of sp³-hybridized carbons (Fsp3) is 0.167. The summed E-state index contributed by atoms with van der Waals surface area (Å²) in [5, 5.41) is 10.4. The van der Waals surface area contributed by atoms with Gasteiger partial charge in [-0.2, -0.15) is 0 Å².